The zero-order valence-electron chi connectivity index (χ0n) is 13.4. The summed E-state index contributed by atoms with van der Waals surface area (Å²) in [5.41, 5.74) is 0.842. The van der Waals surface area contributed by atoms with Crippen LogP contribution in [0.15, 0.2) is 6.20 Å². The fourth-order valence-electron chi connectivity index (χ4n) is 1.77. The van der Waals surface area contributed by atoms with E-state index in [9.17, 15) is 4.79 Å². The topological polar surface area (TPSA) is 81.1 Å². The Morgan fingerprint density at radius 2 is 2.19 bits per heavy atom. The molecule has 1 aromatic heterocycles. The van der Waals surface area contributed by atoms with E-state index in [1.54, 1.807) is 11.8 Å². The number of hydrogen-bond donors (Lipinski definition) is 2. The van der Waals surface area contributed by atoms with Crippen LogP contribution in [0, 0.1) is 5.92 Å². The number of aromatic nitrogens is 3. The highest BCUT2D eigenvalue weighted by atomic mass is 16.5. The quantitative estimate of drug-likeness (QED) is 0.623. The van der Waals surface area contributed by atoms with Gasteiger partial charge in [0.1, 0.15) is 6.04 Å². The maximum Gasteiger partial charge on any atom is 0.244 e. The van der Waals surface area contributed by atoms with Crippen molar-refractivity contribution in [1.82, 2.24) is 25.6 Å². The smallest absolute Gasteiger partial charge is 0.244 e. The van der Waals surface area contributed by atoms with Gasteiger partial charge in [0.15, 0.2) is 0 Å². The zero-order valence-corrected chi connectivity index (χ0v) is 13.4. The van der Waals surface area contributed by atoms with Gasteiger partial charge in [0.2, 0.25) is 5.91 Å². The molecule has 0 aliphatic rings. The summed E-state index contributed by atoms with van der Waals surface area (Å²) >= 11 is 0. The van der Waals surface area contributed by atoms with Crippen molar-refractivity contribution in [1.29, 1.82) is 0 Å². The maximum atomic E-state index is 12.0. The van der Waals surface area contributed by atoms with E-state index in [4.69, 9.17) is 4.74 Å². The van der Waals surface area contributed by atoms with Gasteiger partial charge in [0.05, 0.1) is 11.9 Å². The molecule has 7 nitrogen and oxygen atoms in total. The minimum atomic E-state index is -0.362. The van der Waals surface area contributed by atoms with Crippen LogP contribution in [0.25, 0.3) is 0 Å². The normalized spacial score (nSPS) is 12.6. The van der Waals surface area contributed by atoms with Gasteiger partial charge in [-0.05, 0) is 25.8 Å². The highest BCUT2D eigenvalue weighted by molar-refractivity contribution is 5.79. The van der Waals surface area contributed by atoms with Crippen LogP contribution in [0.1, 0.15) is 38.9 Å². The van der Waals surface area contributed by atoms with E-state index in [0.29, 0.717) is 25.6 Å². The van der Waals surface area contributed by atoms with E-state index in [2.05, 4.69) is 34.8 Å². The Hall–Kier alpha value is -1.47. The molecule has 2 N–H and O–H groups in total. The lowest BCUT2D eigenvalue weighted by atomic mass is 10.2. The summed E-state index contributed by atoms with van der Waals surface area (Å²) in [6.45, 7) is 8.96. The maximum absolute atomic E-state index is 12.0. The molecule has 0 fully saturated rings. The van der Waals surface area contributed by atoms with Gasteiger partial charge in [-0.15, -0.1) is 5.10 Å². The number of methoxy groups -OCH3 is 1. The van der Waals surface area contributed by atoms with Gasteiger partial charge in [-0.3, -0.25) is 4.79 Å². The van der Waals surface area contributed by atoms with E-state index in [1.807, 2.05) is 13.1 Å². The molecule has 1 rings (SSSR count). The third kappa shape index (κ3) is 6.68. The number of carbonyl (C=O) groups excluding carboxylic acids is 1. The van der Waals surface area contributed by atoms with Crippen molar-refractivity contribution >= 4 is 5.91 Å². The number of ether oxygens (including phenoxy) is 1. The van der Waals surface area contributed by atoms with Crippen LogP contribution in [-0.4, -0.2) is 47.7 Å². The number of nitrogens with zero attached hydrogens (tertiary/aromatic N) is 3. The average Bonchev–Trinajstić information content (AvgIpc) is 2.91. The van der Waals surface area contributed by atoms with E-state index in [0.717, 1.165) is 18.7 Å². The van der Waals surface area contributed by atoms with Crippen LogP contribution < -0.4 is 10.6 Å². The SMILES string of the molecule is COCCCNC(=O)C(C)n1cc(CNCC(C)C)nn1. The Labute approximate surface area is 126 Å². The minimum Gasteiger partial charge on any atom is -0.385 e. The number of nitrogens with one attached hydrogen (secondary N) is 2. The Morgan fingerprint density at radius 1 is 1.43 bits per heavy atom. The van der Waals surface area contributed by atoms with Gasteiger partial charge >= 0.3 is 0 Å². The third-order valence-electron chi connectivity index (χ3n) is 3.02. The lowest BCUT2D eigenvalue weighted by Gasteiger charge is -2.11. The molecule has 1 unspecified atom stereocenters. The standard InChI is InChI=1S/C14H27N5O2/c1-11(2)8-15-9-13-10-19(18-17-13)12(3)14(20)16-6-5-7-21-4/h10-12,15H,5-9H2,1-4H3,(H,16,20). The summed E-state index contributed by atoms with van der Waals surface area (Å²) in [6.07, 6.45) is 2.61. The molecule has 0 saturated heterocycles. The van der Waals surface area contributed by atoms with Crippen molar-refractivity contribution in [3.05, 3.63) is 11.9 Å². The third-order valence-corrected chi connectivity index (χ3v) is 3.02. The molecule has 0 saturated carbocycles. The highest BCUT2D eigenvalue weighted by Crippen LogP contribution is 2.05. The van der Waals surface area contributed by atoms with Gasteiger partial charge in [-0.2, -0.15) is 0 Å². The number of rotatable bonds is 10. The second-order valence-electron chi connectivity index (χ2n) is 5.53. The number of hydrogen-bond acceptors (Lipinski definition) is 5. The van der Waals surface area contributed by atoms with Gasteiger partial charge in [0.25, 0.3) is 0 Å². The van der Waals surface area contributed by atoms with Crippen LogP contribution in [0.5, 0.6) is 0 Å². The molecular weight excluding hydrogens is 270 g/mol. The summed E-state index contributed by atoms with van der Waals surface area (Å²) in [4.78, 5) is 12.0. The fourth-order valence-corrected chi connectivity index (χ4v) is 1.77. The number of carbonyl (C=O) groups is 1. The van der Waals surface area contributed by atoms with Crippen LogP contribution in [0.2, 0.25) is 0 Å². The number of amides is 1. The molecule has 0 bridgehead atoms. The highest BCUT2D eigenvalue weighted by Gasteiger charge is 2.16. The first-order valence-corrected chi connectivity index (χ1v) is 7.42. The molecule has 1 atom stereocenters. The lowest BCUT2D eigenvalue weighted by Crippen LogP contribution is -2.32. The first-order valence-electron chi connectivity index (χ1n) is 7.42. The van der Waals surface area contributed by atoms with Crippen LogP contribution >= 0.6 is 0 Å². The lowest BCUT2D eigenvalue weighted by molar-refractivity contribution is -0.124. The van der Waals surface area contributed by atoms with Crippen molar-refractivity contribution in [2.45, 2.75) is 39.8 Å². The van der Waals surface area contributed by atoms with Crippen molar-refractivity contribution in [3.8, 4) is 0 Å². The van der Waals surface area contributed by atoms with Crippen LogP contribution in [-0.2, 0) is 16.1 Å². The molecular formula is C14H27N5O2. The van der Waals surface area contributed by atoms with Gasteiger partial charge in [-0.1, -0.05) is 19.1 Å². The molecule has 0 aromatic carbocycles. The first-order chi connectivity index (χ1) is 10.0. The summed E-state index contributed by atoms with van der Waals surface area (Å²) in [7, 11) is 1.65. The predicted octanol–water partition coefficient (Wildman–Crippen LogP) is 0.737. The van der Waals surface area contributed by atoms with Crippen molar-refractivity contribution < 1.29 is 9.53 Å². The Bertz CT molecular complexity index is 419. The van der Waals surface area contributed by atoms with Gasteiger partial charge in [-0.25, -0.2) is 4.68 Å². The molecule has 1 aromatic rings. The van der Waals surface area contributed by atoms with Gasteiger partial charge < -0.3 is 15.4 Å². The molecule has 1 amide bonds. The Balaban J connectivity index is 2.38. The largest absolute Gasteiger partial charge is 0.385 e. The average molecular weight is 297 g/mol. The van der Waals surface area contributed by atoms with Gasteiger partial charge in [0, 0.05) is 26.8 Å². The van der Waals surface area contributed by atoms with Crippen molar-refractivity contribution in [3.63, 3.8) is 0 Å². The molecule has 0 aliphatic heterocycles. The summed E-state index contributed by atoms with van der Waals surface area (Å²) in [6, 6.07) is -0.362. The van der Waals surface area contributed by atoms with E-state index in [1.165, 1.54) is 0 Å². The first kappa shape index (κ1) is 17.6. The molecule has 0 aliphatic carbocycles. The summed E-state index contributed by atoms with van der Waals surface area (Å²) in [5, 5.41) is 14.3. The molecule has 1 heterocycles. The second-order valence-corrected chi connectivity index (χ2v) is 5.53. The van der Waals surface area contributed by atoms with E-state index < -0.39 is 0 Å². The molecule has 21 heavy (non-hydrogen) atoms. The zero-order chi connectivity index (χ0) is 15.7. The summed E-state index contributed by atoms with van der Waals surface area (Å²) < 4.78 is 6.54. The van der Waals surface area contributed by atoms with Crippen LogP contribution in [0.4, 0.5) is 0 Å². The second kappa shape index (κ2) is 9.46. The summed E-state index contributed by atoms with van der Waals surface area (Å²) in [5.74, 6) is 0.537. The van der Waals surface area contributed by atoms with E-state index in [-0.39, 0.29) is 11.9 Å². The molecule has 0 radical (unpaired) electrons. The van der Waals surface area contributed by atoms with E-state index >= 15 is 0 Å². The molecule has 0 spiro atoms. The van der Waals surface area contributed by atoms with Crippen molar-refractivity contribution in [2.24, 2.45) is 5.92 Å². The molecule has 120 valence electrons. The van der Waals surface area contributed by atoms with Crippen molar-refractivity contribution in [2.75, 3.05) is 26.8 Å². The predicted molar refractivity (Wildman–Crippen MR) is 80.8 cm³/mol. The minimum absolute atomic E-state index is 0.0577. The van der Waals surface area contributed by atoms with Crippen LogP contribution in [0.3, 0.4) is 0 Å². The Kier molecular flexibility index (Phi) is 7.92. The monoisotopic (exact) mass is 297 g/mol. The Morgan fingerprint density at radius 3 is 2.86 bits per heavy atom. The fraction of sp³-hybridized carbons (Fsp3) is 0.786. The molecule has 7 heteroatoms.